The summed E-state index contributed by atoms with van der Waals surface area (Å²) in [6.07, 6.45) is 2.07. The summed E-state index contributed by atoms with van der Waals surface area (Å²) < 4.78 is 0. The molecule has 14 heavy (non-hydrogen) atoms. The van der Waals surface area contributed by atoms with E-state index in [-0.39, 0.29) is 12.5 Å². The van der Waals surface area contributed by atoms with Gasteiger partial charge in [0.05, 0.1) is 5.69 Å². The Hall–Kier alpha value is -1.65. The van der Waals surface area contributed by atoms with Gasteiger partial charge in [0.15, 0.2) is 0 Å². The fourth-order valence-corrected chi connectivity index (χ4v) is 1.19. The molecule has 0 spiro atoms. The third-order valence-electron chi connectivity index (χ3n) is 1.80. The monoisotopic (exact) mass is 195 g/mol. The zero-order valence-electron chi connectivity index (χ0n) is 8.19. The number of hydrogen-bond acceptors (Lipinski definition) is 3. The number of rotatable bonds is 3. The first-order chi connectivity index (χ1) is 6.61. The molecule has 0 aromatic carbocycles. The molecule has 0 saturated carbocycles. The first-order valence-corrected chi connectivity index (χ1v) is 4.37. The van der Waals surface area contributed by atoms with Gasteiger partial charge in [0.25, 0.3) is 0 Å². The van der Waals surface area contributed by atoms with E-state index in [2.05, 4.69) is 15.3 Å². The molecule has 5 heteroatoms. The molecule has 1 rings (SSSR count). The van der Waals surface area contributed by atoms with Crippen molar-refractivity contribution in [2.45, 2.75) is 26.3 Å². The van der Waals surface area contributed by atoms with Crippen LogP contribution in [0.2, 0.25) is 0 Å². The van der Waals surface area contributed by atoms with Gasteiger partial charge in [0.1, 0.15) is 6.33 Å². The molecular weight excluding hydrogens is 182 g/mol. The van der Waals surface area contributed by atoms with Crippen LogP contribution >= 0.6 is 0 Å². The standard InChI is InChI=1S/C9H13N3O2/c1-6(2)8-7(3-10-5-12-8)4-11-9(13)14/h3,5-6,11H,4H2,1-2H3,(H,13,14). The van der Waals surface area contributed by atoms with Crippen LogP contribution in [0.15, 0.2) is 12.5 Å². The zero-order valence-corrected chi connectivity index (χ0v) is 8.19. The quantitative estimate of drug-likeness (QED) is 0.763. The van der Waals surface area contributed by atoms with Gasteiger partial charge >= 0.3 is 6.09 Å². The molecule has 0 unspecified atom stereocenters. The topological polar surface area (TPSA) is 75.1 Å². The van der Waals surface area contributed by atoms with Crippen LogP contribution in [-0.2, 0) is 6.54 Å². The maximum atomic E-state index is 10.3. The van der Waals surface area contributed by atoms with Crippen LogP contribution in [-0.4, -0.2) is 21.2 Å². The molecular formula is C9H13N3O2. The van der Waals surface area contributed by atoms with Crippen molar-refractivity contribution in [1.29, 1.82) is 0 Å². The van der Waals surface area contributed by atoms with Gasteiger partial charge in [-0.25, -0.2) is 14.8 Å². The van der Waals surface area contributed by atoms with E-state index >= 15 is 0 Å². The predicted octanol–water partition coefficient (Wildman–Crippen LogP) is 1.37. The highest BCUT2D eigenvalue weighted by molar-refractivity contribution is 5.64. The maximum absolute atomic E-state index is 10.3. The molecule has 0 radical (unpaired) electrons. The van der Waals surface area contributed by atoms with E-state index in [4.69, 9.17) is 5.11 Å². The second-order valence-electron chi connectivity index (χ2n) is 3.25. The van der Waals surface area contributed by atoms with Crippen molar-refractivity contribution < 1.29 is 9.90 Å². The summed E-state index contributed by atoms with van der Waals surface area (Å²) in [5.74, 6) is 0.267. The number of amides is 1. The number of carboxylic acid groups (broad SMARTS) is 1. The third kappa shape index (κ3) is 2.69. The van der Waals surface area contributed by atoms with Crippen molar-refractivity contribution in [3.63, 3.8) is 0 Å². The Morgan fingerprint density at radius 1 is 1.64 bits per heavy atom. The van der Waals surface area contributed by atoms with Gasteiger partial charge in [-0.3, -0.25) is 0 Å². The maximum Gasteiger partial charge on any atom is 0.404 e. The van der Waals surface area contributed by atoms with Gasteiger partial charge in [-0.15, -0.1) is 0 Å². The first-order valence-electron chi connectivity index (χ1n) is 4.37. The number of aromatic nitrogens is 2. The lowest BCUT2D eigenvalue weighted by Gasteiger charge is -2.09. The van der Waals surface area contributed by atoms with Crippen LogP contribution in [0.1, 0.15) is 31.0 Å². The van der Waals surface area contributed by atoms with Gasteiger partial charge in [-0.1, -0.05) is 13.8 Å². The van der Waals surface area contributed by atoms with Gasteiger partial charge in [-0.05, 0) is 5.92 Å². The minimum absolute atomic E-state index is 0.254. The van der Waals surface area contributed by atoms with Crippen molar-refractivity contribution in [1.82, 2.24) is 15.3 Å². The van der Waals surface area contributed by atoms with Crippen LogP contribution in [0.4, 0.5) is 4.79 Å². The molecule has 1 amide bonds. The third-order valence-corrected chi connectivity index (χ3v) is 1.80. The predicted molar refractivity (Wildman–Crippen MR) is 51.0 cm³/mol. The van der Waals surface area contributed by atoms with Gasteiger partial charge < -0.3 is 10.4 Å². The molecule has 0 aliphatic carbocycles. The van der Waals surface area contributed by atoms with Gasteiger partial charge in [0, 0.05) is 18.3 Å². The van der Waals surface area contributed by atoms with E-state index in [0.717, 1.165) is 11.3 Å². The Labute approximate surface area is 82.2 Å². The van der Waals surface area contributed by atoms with E-state index < -0.39 is 6.09 Å². The first kappa shape index (κ1) is 10.4. The van der Waals surface area contributed by atoms with Crippen molar-refractivity contribution in [3.05, 3.63) is 23.8 Å². The lowest BCUT2D eigenvalue weighted by atomic mass is 10.1. The normalized spacial score (nSPS) is 10.2. The second-order valence-corrected chi connectivity index (χ2v) is 3.25. The Morgan fingerprint density at radius 2 is 2.36 bits per heavy atom. The molecule has 0 bridgehead atoms. The molecule has 1 heterocycles. The number of nitrogens with zero attached hydrogens (tertiary/aromatic N) is 2. The lowest BCUT2D eigenvalue weighted by molar-refractivity contribution is 0.194. The minimum atomic E-state index is -1.04. The van der Waals surface area contributed by atoms with E-state index in [1.54, 1.807) is 6.20 Å². The summed E-state index contributed by atoms with van der Waals surface area (Å²) in [6.45, 7) is 4.27. The highest BCUT2D eigenvalue weighted by Gasteiger charge is 2.08. The Kier molecular flexibility index (Phi) is 3.39. The Morgan fingerprint density at radius 3 is 2.93 bits per heavy atom. The van der Waals surface area contributed by atoms with Crippen LogP contribution in [0.3, 0.4) is 0 Å². The van der Waals surface area contributed by atoms with E-state index in [0.29, 0.717) is 0 Å². The summed E-state index contributed by atoms with van der Waals surface area (Å²) in [6, 6.07) is 0. The van der Waals surface area contributed by atoms with Crippen molar-refractivity contribution in [2.24, 2.45) is 0 Å². The minimum Gasteiger partial charge on any atom is -0.465 e. The van der Waals surface area contributed by atoms with Crippen LogP contribution < -0.4 is 5.32 Å². The van der Waals surface area contributed by atoms with Crippen LogP contribution in [0.25, 0.3) is 0 Å². The molecule has 76 valence electrons. The van der Waals surface area contributed by atoms with E-state index in [1.807, 2.05) is 13.8 Å². The highest BCUT2D eigenvalue weighted by Crippen LogP contribution is 2.14. The van der Waals surface area contributed by atoms with Gasteiger partial charge in [-0.2, -0.15) is 0 Å². The molecule has 0 fully saturated rings. The molecule has 2 N–H and O–H groups in total. The highest BCUT2D eigenvalue weighted by atomic mass is 16.4. The van der Waals surface area contributed by atoms with E-state index in [9.17, 15) is 4.79 Å². The van der Waals surface area contributed by atoms with E-state index in [1.165, 1.54) is 6.33 Å². The molecule has 0 atom stereocenters. The number of hydrogen-bond donors (Lipinski definition) is 2. The van der Waals surface area contributed by atoms with Crippen LogP contribution in [0, 0.1) is 0 Å². The average molecular weight is 195 g/mol. The van der Waals surface area contributed by atoms with Crippen molar-refractivity contribution in [3.8, 4) is 0 Å². The largest absolute Gasteiger partial charge is 0.465 e. The Bertz CT molecular complexity index is 326. The molecule has 5 nitrogen and oxygen atoms in total. The molecule has 1 aromatic rings. The average Bonchev–Trinajstić information content (AvgIpc) is 2.15. The zero-order chi connectivity index (χ0) is 10.6. The van der Waals surface area contributed by atoms with Crippen molar-refractivity contribution in [2.75, 3.05) is 0 Å². The van der Waals surface area contributed by atoms with Crippen molar-refractivity contribution >= 4 is 6.09 Å². The molecule has 0 saturated heterocycles. The summed E-state index contributed by atoms with van der Waals surface area (Å²) in [7, 11) is 0. The summed E-state index contributed by atoms with van der Waals surface area (Å²) in [5, 5.41) is 10.7. The summed E-state index contributed by atoms with van der Waals surface area (Å²) >= 11 is 0. The SMILES string of the molecule is CC(C)c1ncncc1CNC(=O)O. The fraction of sp³-hybridized carbons (Fsp3) is 0.444. The molecule has 1 aromatic heterocycles. The number of nitrogens with one attached hydrogen (secondary N) is 1. The Balaban J connectivity index is 2.79. The van der Waals surface area contributed by atoms with Gasteiger partial charge in [0.2, 0.25) is 0 Å². The number of carbonyl (C=O) groups is 1. The summed E-state index contributed by atoms with van der Waals surface area (Å²) in [5.41, 5.74) is 1.71. The summed E-state index contributed by atoms with van der Waals surface area (Å²) in [4.78, 5) is 18.3. The van der Waals surface area contributed by atoms with Crippen LogP contribution in [0.5, 0.6) is 0 Å². The second kappa shape index (κ2) is 4.55. The molecule has 0 aliphatic heterocycles. The smallest absolute Gasteiger partial charge is 0.404 e. The fourth-order valence-electron chi connectivity index (χ4n) is 1.19. The lowest BCUT2D eigenvalue weighted by Crippen LogP contribution is -2.21. The molecule has 0 aliphatic rings.